The highest BCUT2D eigenvalue weighted by Gasteiger charge is 2.32. The molecule has 0 aromatic heterocycles. The van der Waals surface area contributed by atoms with Crippen molar-refractivity contribution in [3.05, 3.63) is 48.0 Å². The first-order valence-corrected chi connectivity index (χ1v) is 7.15. The van der Waals surface area contributed by atoms with Gasteiger partial charge in [0.1, 0.15) is 0 Å². The van der Waals surface area contributed by atoms with Gasteiger partial charge in [-0.3, -0.25) is 0 Å². The molecule has 0 bridgehead atoms. The molecule has 0 aliphatic carbocycles. The lowest BCUT2D eigenvalue weighted by atomic mass is 9.87. The van der Waals surface area contributed by atoms with E-state index in [1.165, 1.54) is 16.3 Å². The highest BCUT2D eigenvalue weighted by Crippen LogP contribution is 2.34. The Kier molecular flexibility index (Phi) is 3.54. The SMILES string of the molecule is CCC1OCCC1C(N)c1ccc2ccccc2c1. The Morgan fingerprint density at radius 1 is 1.21 bits per heavy atom. The zero-order valence-corrected chi connectivity index (χ0v) is 11.4. The van der Waals surface area contributed by atoms with E-state index in [2.05, 4.69) is 49.4 Å². The molecule has 3 unspecified atom stereocenters. The van der Waals surface area contributed by atoms with Crippen LogP contribution < -0.4 is 5.73 Å². The third-order valence-electron chi connectivity index (χ3n) is 4.28. The minimum absolute atomic E-state index is 0.0806. The number of nitrogens with two attached hydrogens (primary N) is 1. The largest absolute Gasteiger partial charge is 0.378 e. The number of hydrogen-bond acceptors (Lipinski definition) is 2. The molecule has 3 rings (SSSR count). The lowest BCUT2D eigenvalue weighted by Gasteiger charge is -2.24. The van der Waals surface area contributed by atoms with Crippen LogP contribution in [0.25, 0.3) is 10.8 Å². The molecule has 19 heavy (non-hydrogen) atoms. The average Bonchev–Trinajstić information content (AvgIpc) is 2.94. The van der Waals surface area contributed by atoms with E-state index >= 15 is 0 Å². The second kappa shape index (κ2) is 5.32. The van der Waals surface area contributed by atoms with E-state index in [9.17, 15) is 0 Å². The molecule has 1 aliphatic rings. The quantitative estimate of drug-likeness (QED) is 0.908. The van der Waals surface area contributed by atoms with Crippen molar-refractivity contribution in [2.45, 2.75) is 31.9 Å². The molecule has 3 atom stereocenters. The van der Waals surface area contributed by atoms with Gasteiger partial charge in [-0.05, 0) is 35.2 Å². The van der Waals surface area contributed by atoms with Gasteiger partial charge in [0, 0.05) is 18.6 Å². The van der Waals surface area contributed by atoms with Crippen LogP contribution in [0.2, 0.25) is 0 Å². The molecule has 100 valence electrons. The van der Waals surface area contributed by atoms with Gasteiger partial charge in [-0.25, -0.2) is 0 Å². The standard InChI is InChI=1S/C17H21NO/c1-2-16-15(9-10-19-16)17(18)14-8-7-12-5-3-4-6-13(12)11-14/h3-8,11,15-17H,2,9-10,18H2,1H3. The van der Waals surface area contributed by atoms with Gasteiger partial charge in [0.15, 0.2) is 0 Å². The van der Waals surface area contributed by atoms with Crippen molar-refractivity contribution in [3.63, 3.8) is 0 Å². The molecule has 0 amide bonds. The second-order valence-corrected chi connectivity index (χ2v) is 5.40. The van der Waals surface area contributed by atoms with Gasteiger partial charge in [0.2, 0.25) is 0 Å². The van der Waals surface area contributed by atoms with Crippen molar-refractivity contribution in [2.75, 3.05) is 6.61 Å². The first kappa shape index (κ1) is 12.6. The van der Waals surface area contributed by atoms with Crippen LogP contribution in [0.15, 0.2) is 42.5 Å². The van der Waals surface area contributed by atoms with E-state index in [1.54, 1.807) is 0 Å². The van der Waals surface area contributed by atoms with Crippen molar-refractivity contribution in [1.29, 1.82) is 0 Å². The Balaban J connectivity index is 1.90. The lowest BCUT2D eigenvalue weighted by molar-refractivity contribution is 0.0813. The summed E-state index contributed by atoms with van der Waals surface area (Å²) in [6, 6.07) is 15.1. The van der Waals surface area contributed by atoms with Gasteiger partial charge in [-0.15, -0.1) is 0 Å². The highest BCUT2D eigenvalue weighted by molar-refractivity contribution is 5.83. The van der Waals surface area contributed by atoms with Crippen LogP contribution >= 0.6 is 0 Å². The van der Waals surface area contributed by atoms with Gasteiger partial charge in [0.25, 0.3) is 0 Å². The topological polar surface area (TPSA) is 35.2 Å². The fourth-order valence-corrected chi connectivity index (χ4v) is 3.16. The number of ether oxygens (including phenoxy) is 1. The molecule has 0 spiro atoms. The summed E-state index contributed by atoms with van der Waals surface area (Å²) in [6.07, 6.45) is 2.44. The number of benzene rings is 2. The summed E-state index contributed by atoms with van der Waals surface area (Å²) in [5, 5.41) is 2.54. The molecule has 0 saturated carbocycles. The van der Waals surface area contributed by atoms with Crippen molar-refractivity contribution in [2.24, 2.45) is 11.7 Å². The minimum atomic E-state index is 0.0806. The van der Waals surface area contributed by atoms with Crippen molar-refractivity contribution < 1.29 is 4.74 Å². The molecule has 1 aliphatic heterocycles. The Morgan fingerprint density at radius 2 is 2.00 bits per heavy atom. The molecule has 2 N–H and O–H groups in total. The van der Waals surface area contributed by atoms with Crippen LogP contribution in [0.3, 0.4) is 0 Å². The average molecular weight is 255 g/mol. The first-order chi connectivity index (χ1) is 9.29. The van der Waals surface area contributed by atoms with Gasteiger partial charge in [0.05, 0.1) is 6.10 Å². The molecule has 2 aromatic rings. The highest BCUT2D eigenvalue weighted by atomic mass is 16.5. The van der Waals surface area contributed by atoms with Crippen molar-refractivity contribution >= 4 is 10.8 Å². The maximum absolute atomic E-state index is 6.48. The van der Waals surface area contributed by atoms with Crippen LogP contribution in [0.4, 0.5) is 0 Å². The van der Waals surface area contributed by atoms with E-state index in [-0.39, 0.29) is 6.04 Å². The van der Waals surface area contributed by atoms with Crippen LogP contribution in [0.5, 0.6) is 0 Å². The molecule has 2 aromatic carbocycles. The third kappa shape index (κ3) is 2.38. The maximum Gasteiger partial charge on any atom is 0.0619 e. The van der Waals surface area contributed by atoms with Crippen LogP contribution in [0, 0.1) is 5.92 Å². The van der Waals surface area contributed by atoms with E-state index < -0.39 is 0 Å². The summed E-state index contributed by atoms with van der Waals surface area (Å²) < 4.78 is 5.76. The number of rotatable bonds is 3. The van der Waals surface area contributed by atoms with Gasteiger partial charge >= 0.3 is 0 Å². The Hall–Kier alpha value is -1.38. The molecule has 2 heteroatoms. The number of hydrogen-bond donors (Lipinski definition) is 1. The monoisotopic (exact) mass is 255 g/mol. The molecule has 1 fully saturated rings. The van der Waals surface area contributed by atoms with E-state index in [1.807, 2.05) is 0 Å². The number of fused-ring (bicyclic) bond motifs is 1. The van der Waals surface area contributed by atoms with Gasteiger partial charge in [-0.1, -0.05) is 43.3 Å². The van der Waals surface area contributed by atoms with Crippen LogP contribution in [-0.4, -0.2) is 12.7 Å². The summed E-state index contributed by atoms with van der Waals surface area (Å²) >= 11 is 0. The normalized spacial score (nSPS) is 24.7. The summed E-state index contributed by atoms with van der Waals surface area (Å²) in [4.78, 5) is 0. The predicted molar refractivity (Wildman–Crippen MR) is 79.0 cm³/mol. The Labute approximate surface area is 114 Å². The molecule has 2 nitrogen and oxygen atoms in total. The zero-order valence-electron chi connectivity index (χ0n) is 11.4. The van der Waals surface area contributed by atoms with Crippen molar-refractivity contribution in [3.8, 4) is 0 Å². The van der Waals surface area contributed by atoms with Gasteiger partial charge < -0.3 is 10.5 Å². The first-order valence-electron chi connectivity index (χ1n) is 7.15. The summed E-state index contributed by atoms with van der Waals surface area (Å²) in [5.41, 5.74) is 7.71. The summed E-state index contributed by atoms with van der Waals surface area (Å²) in [5.74, 6) is 0.450. The predicted octanol–water partition coefficient (Wildman–Crippen LogP) is 3.65. The third-order valence-corrected chi connectivity index (χ3v) is 4.28. The van der Waals surface area contributed by atoms with Crippen LogP contribution in [-0.2, 0) is 4.74 Å². The molecule has 1 heterocycles. The zero-order chi connectivity index (χ0) is 13.2. The Morgan fingerprint density at radius 3 is 2.79 bits per heavy atom. The van der Waals surface area contributed by atoms with E-state index in [0.29, 0.717) is 12.0 Å². The molecule has 1 saturated heterocycles. The molecular formula is C17H21NO. The van der Waals surface area contributed by atoms with E-state index in [4.69, 9.17) is 10.5 Å². The van der Waals surface area contributed by atoms with Crippen LogP contribution in [0.1, 0.15) is 31.4 Å². The Bertz CT molecular complexity index is 566. The second-order valence-electron chi connectivity index (χ2n) is 5.40. The summed E-state index contributed by atoms with van der Waals surface area (Å²) in [7, 11) is 0. The fourth-order valence-electron chi connectivity index (χ4n) is 3.16. The minimum Gasteiger partial charge on any atom is -0.378 e. The lowest BCUT2D eigenvalue weighted by Crippen LogP contribution is -2.27. The summed E-state index contributed by atoms with van der Waals surface area (Å²) in [6.45, 7) is 3.03. The fraction of sp³-hybridized carbons (Fsp3) is 0.412. The van der Waals surface area contributed by atoms with Gasteiger partial charge in [-0.2, -0.15) is 0 Å². The smallest absolute Gasteiger partial charge is 0.0619 e. The van der Waals surface area contributed by atoms with Crippen molar-refractivity contribution in [1.82, 2.24) is 0 Å². The maximum atomic E-state index is 6.48. The van der Waals surface area contributed by atoms with E-state index in [0.717, 1.165) is 19.4 Å². The molecular weight excluding hydrogens is 234 g/mol. The molecule has 0 radical (unpaired) electrons.